The van der Waals surface area contributed by atoms with Gasteiger partial charge in [-0.2, -0.15) is 0 Å². The van der Waals surface area contributed by atoms with Gasteiger partial charge in [-0.15, -0.1) is 0 Å². The smallest absolute Gasteiger partial charge is 0.410 e. The molecule has 0 bridgehead atoms. The Morgan fingerprint density at radius 1 is 1.45 bits per heavy atom. The summed E-state index contributed by atoms with van der Waals surface area (Å²) in [6.07, 6.45) is 3.97. The number of carbonyl (C=O) groups excluding carboxylic acids is 1. The number of carbonyl (C=O) groups is 1. The summed E-state index contributed by atoms with van der Waals surface area (Å²) in [5, 5.41) is 9.72. The van der Waals surface area contributed by atoms with Gasteiger partial charge in [0, 0.05) is 13.1 Å². The second-order valence-electron chi connectivity index (χ2n) is 6.74. The van der Waals surface area contributed by atoms with Gasteiger partial charge in [0.25, 0.3) is 0 Å². The molecule has 1 aliphatic rings. The van der Waals surface area contributed by atoms with Crippen molar-refractivity contribution in [3.05, 3.63) is 0 Å². The van der Waals surface area contributed by atoms with Crippen molar-refractivity contribution in [2.75, 3.05) is 19.6 Å². The number of ether oxygens (including phenoxy) is 1. The van der Waals surface area contributed by atoms with Crippen LogP contribution in [-0.4, -0.2) is 47.4 Å². The van der Waals surface area contributed by atoms with Crippen LogP contribution in [-0.2, 0) is 4.74 Å². The summed E-state index contributed by atoms with van der Waals surface area (Å²) in [7, 11) is 0. The minimum Gasteiger partial charge on any atom is -0.444 e. The zero-order valence-electron chi connectivity index (χ0n) is 13.1. The van der Waals surface area contributed by atoms with Gasteiger partial charge in [-0.1, -0.05) is 0 Å². The van der Waals surface area contributed by atoms with Gasteiger partial charge in [0.2, 0.25) is 0 Å². The lowest BCUT2D eigenvalue weighted by Crippen LogP contribution is -2.43. The molecule has 0 aromatic heterocycles. The van der Waals surface area contributed by atoms with Crippen LogP contribution in [0.3, 0.4) is 0 Å². The number of piperidine rings is 1. The van der Waals surface area contributed by atoms with Crippen molar-refractivity contribution in [2.45, 2.75) is 64.6 Å². The molecular weight excluding hydrogens is 256 g/mol. The lowest BCUT2D eigenvalue weighted by molar-refractivity contribution is 0.0153. The quantitative estimate of drug-likeness (QED) is 0.811. The Bertz CT molecular complexity index is 302. The summed E-state index contributed by atoms with van der Waals surface area (Å²) in [6.45, 7) is 7.69. The first kappa shape index (κ1) is 17.2. The van der Waals surface area contributed by atoms with E-state index in [-0.39, 0.29) is 12.2 Å². The standard InChI is InChI=1S/C15H30N2O3/c1-15(2,3)20-14(19)17-10-4-5-12(11-17)6-7-13(18)8-9-16/h12-13,18H,4-11,16H2,1-3H3. The number of aliphatic hydroxyl groups is 1. The van der Waals surface area contributed by atoms with E-state index in [0.29, 0.717) is 18.9 Å². The second kappa shape index (κ2) is 7.84. The van der Waals surface area contributed by atoms with Crippen LogP contribution in [0, 0.1) is 5.92 Å². The van der Waals surface area contributed by atoms with Crippen molar-refractivity contribution in [1.82, 2.24) is 4.90 Å². The van der Waals surface area contributed by atoms with Crippen molar-refractivity contribution in [2.24, 2.45) is 11.7 Å². The fourth-order valence-corrected chi connectivity index (χ4v) is 2.56. The van der Waals surface area contributed by atoms with Gasteiger partial charge in [0.15, 0.2) is 0 Å². The summed E-state index contributed by atoms with van der Waals surface area (Å²) in [5.41, 5.74) is 4.99. The maximum atomic E-state index is 12.0. The average molecular weight is 286 g/mol. The third kappa shape index (κ3) is 6.57. The summed E-state index contributed by atoms with van der Waals surface area (Å²) >= 11 is 0. The molecular formula is C15H30N2O3. The van der Waals surface area contributed by atoms with Crippen molar-refractivity contribution >= 4 is 6.09 Å². The third-order valence-corrected chi connectivity index (χ3v) is 3.58. The lowest BCUT2D eigenvalue weighted by Gasteiger charge is -2.34. The Morgan fingerprint density at radius 3 is 2.75 bits per heavy atom. The SMILES string of the molecule is CC(C)(C)OC(=O)N1CCCC(CCC(O)CCN)C1. The Hall–Kier alpha value is -0.810. The highest BCUT2D eigenvalue weighted by molar-refractivity contribution is 5.68. The van der Waals surface area contributed by atoms with Crippen LogP contribution >= 0.6 is 0 Å². The number of amides is 1. The molecule has 20 heavy (non-hydrogen) atoms. The molecule has 1 rings (SSSR count). The van der Waals surface area contributed by atoms with E-state index in [2.05, 4.69) is 0 Å². The summed E-state index contributed by atoms with van der Waals surface area (Å²) < 4.78 is 5.41. The molecule has 0 saturated carbocycles. The Morgan fingerprint density at radius 2 is 2.15 bits per heavy atom. The number of hydrogen-bond acceptors (Lipinski definition) is 4. The van der Waals surface area contributed by atoms with E-state index in [1.54, 1.807) is 4.90 Å². The van der Waals surface area contributed by atoms with Gasteiger partial charge < -0.3 is 20.5 Å². The Balaban J connectivity index is 2.36. The summed E-state index contributed by atoms with van der Waals surface area (Å²) in [6, 6.07) is 0. The van der Waals surface area contributed by atoms with Crippen LogP contribution in [0.1, 0.15) is 52.9 Å². The molecule has 1 saturated heterocycles. The molecule has 1 amide bonds. The number of nitrogens with two attached hydrogens (primary N) is 1. The Labute approximate surface area is 122 Å². The van der Waals surface area contributed by atoms with Crippen molar-refractivity contribution in [3.63, 3.8) is 0 Å². The van der Waals surface area contributed by atoms with E-state index in [1.807, 2.05) is 20.8 Å². The van der Waals surface area contributed by atoms with Gasteiger partial charge in [0.05, 0.1) is 6.10 Å². The van der Waals surface area contributed by atoms with E-state index in [4.69, 9.17) is 10.5 Å². The molecule has 1 fully saturated rings. The topological polar surface area (TPSA) is 75.8 Å². The monoisotopic (exact) mass is 286 g/mol. The van der Waals surface area contributed by atoms with Crippen LogP contribution in [0.5, 0.6) is 0 Å². The maximum absolute atomic E-state index is 12.0. The predicted octanol–water partition coefficient (Wildman–Crippen LogP) is 2.12. The van der Waals surface area contributed by atoms with Crippen molar-refractivity contribution < 1.29 is 14.6 Å². The van der Waals surface area contributed by atoms with Gasteiger partial charge >= 0.3 is 6.09 Å². The molecule has 118 valence electrons. The first-order valence-electron chi connectivity index (χ1n) is 7.68. The minimum atomic E-state index is -0.443. The van der Waals surface area contributed by atoms with Gasteiger partial charge in [-0.3, -0.25) is 0 Å². The molecule has 5 heteroatoms. The first-order valence-corrected chi connectivity index (χ1v) is 7.68. The zero-order chi connectivity index (χ0) is 15.2. The van der Waals surface area contributed by atoms with Crippen LogP contribution in [0.4, 0.5) is 4.79 Å². The minimum absolute atomic E-state index is 0.218. The van der Waals surface area contributed by atoms with E-state index in [9.17, 15) is 9.90 Å². The highest BCUT2D eigenvalue weighted by Crippen LogP contribution is 2.23. The third-order valence-electron chi connectivity index (χ3n) is 3.58. The number of rotatable bonds is 5. The van der Waals surface area contributed by atoms with Crippen LogP contribution in [0.2, 0.25) is 0 Å². The van der Waals surface area contributed by atoms with E-state index in [0.717, 1.165) is 38.8 Å². The number of likely N-dealkylation sites (tertiary alicyclic amines) is 1. The molecule has 2 unspecified atom stereocenters. The lowest BCUT2D eigenvalue weighted by atomic mass is 9.92. The molecule has 1 heterocycles. The highest BCUT2D eigenvalue weighted by Gasteiger charge is 2.27. The fourth-order valence-electron chi connectivity index (χ4n) is 2.56. The van der Waals surface area contributed by atoms with Gasteiger partial charge in [0.1, 0.15) is 5.60 Å². The number of aliphatic hydroxyl groups excluding tert-OH is 1. The average Bonchev–Trinajstić information content (AvgIpc) is 2.35. The summed E-state index contributed by atoms with van der Waals surface area (Å²) in [4.78, 5) is 13.8. The molecule has 3 N–H and O–H groups in total. The van der Waals surface area contributed by atoms with Gasteiger partial charge in [-0.05, 0) is 65.3 Å². The van der Waals surface area contributed by atoms with E-state index < -0.39 is 5.60 Å². The molecule has 1 aliphatic heterocycles. The highest BCUT2D eigenvalue weighted by atomic mass is 16.6. The largest absolute Gasteiger partial charge is 0.444 e. The van der Waals surface area contributed by atoms with E-state index >= 15 is 0 Å². The molecule has 2 atom stereocenters. The predicted molar refractivity (Wildman–Crippen MR) is 79.4 cm³/mol. The van der Waals surface area contributed by atoms with Crippen LogP contribution in [0.15, 0.2) is 0 Å². The molecule has 5 nitrogen and oxygen atoms in total. The molecule has 0 aliphatic carbocycles. The number of nitrogens with zero attached hydrogens (tertiary/aromatic N) is 1. The first-order chi connectivity index (χ1) is 9.31. The molecule has 0 aromatic rings. The van der Waals surface area contributed by atoms with Gasteiger partial charge in [-0.25, -0.2) is 4.79 Å². The molecule has 0 radical (unpaired) electrons. The zero-order valence-corrected chi connectivity index (χ0v) is 13.1. The molecule has 0 aromatic carbocycles. The fraction of sp³-hybridized carbons (Fsp3) is 0.933. The van der Waals surface area contributed by atoms with Crippen LogP contribution in [0.25, 0.3) is 0 Å². The second-order valence-corrected chi connectivity index (χ2v) is 6.74. The van der Waals surface area contributed by atoms with Crippen LogP contribution < -0.4 is 5.73 Å². The van der Waals surface area contributed by atoms with E-state index in [1.165, 1.54) is 0 Å². The number of hydrogen-bond donors (Lipinski definition) is 2. The van der Waals surface area contributed by atoms with Crippen molar-refractivity contribution in [1.29, 1.82) is 0 Å². The maximum Gasteiger partial charge on any atom is 0.410 e. The Kier molecular flexibility index (Phi) is 6.76. The normalized spacial score (nSPS) is 21.6. The summed E-state index contributed by atoms with van der Waals surface area (Å²) in [5.74, 6) is 0.462. The molecule has 0 spiro atoms. The van der Waals surface area contributed by atoms with Crippen molar-refractivity contribution in [3.8, 4) is 0 Å².